The number of ether oxygens (including phenoxy) is 1. The number of alkyl halides is 3. The van der Waals surface area contributed by atoms with Crippen molar-refractivity contribution in [1.29, 1.82) is 0 Å². The SMILES string of the molecule is CCOC(=O)CC(B1OC(C)(C)C(C)(C)O1)c1ccc(Cl)c(C(F)(F)F)c1. The Labute approximate surface area is 162 Å². The molecule has 27 heavy (non-hydrogen) atoms. The van der Waals surface area contributed by atoms with E-state index >= 15 is 0 Å². The van der Waals surface area contributed by atoms with Crippen molar-refractivity contribution in [3.8, 4) is 0 Å². The Bertz CT molecular complexity index is 690. The van der Waals surface area contributed by atoms with Gasteiger partial charge in [0.05, 0.1) is 34.8 Å². The van der Waals surface area contributed by atoms with Gasteiger partial charge in [0.2, 0.25) is 0 Å². The minimum Gasteiger partial charge on any atom is -0.466 e. The van der Waals surface area contributed by atoms with Crippen LogP contribution in [0.4, 0.5) is 13.2 Å². The van der Waals surface area contributed by atoms with Gasteiger partial charge in [0, 0.05) is 5.82 Å². The summed E-state index contributed by atoms with van der Waals surface area (Å²) in [5, 5.41) is -0.407. The highest BCUT2D eigenvalue weighted by atomic mass is 35.5. The minimum atomic E-state index is -4.61. The van der Waals surface area contributed by atoms with Gasteiger partial charge in [0.15, 0.2) is 0 Å². The van der Waals surface area contributed by atoms with Crippen molar-refractivity contribution in [3.63, 3.8) is 0 Å². The Morgan fingerprint density at radius 1 is 1.22 bits per heavy atom. The molecule has 2 rings (SSSR count). The van der Waals surface area contributed by atoms with Gasteiger partial charge < -0.3 is 14.0 Å². The molecule has 1 aromatic carbocycles. The summed E-state index contributed by atoms with van der Waals surface area (Å²) in [6.07, 6.45) is -4.79. The molecule has 1 aromatic rings. The van der Waals surface area contributed by atoms with Gasteiger partial charge in [-0.1, -0.05) is 17.7 Å². The summed E-state index contributed by atoms with van der Waals surface area (Å²) in [4.78, 5) is 12.1. The second-order valence-electron chi connectivity index (χ2n) is 7.48. The molecule has 1 heterocycles. The normalized spacial score (nSPS) is 19.8. The van der Waals surface area contributed by atoms with Crippen LogP contribution in [0.15, 0.2) is 18.2 Å². The number of carbonyl (C=O) groups excluding carboxylic acids is 1. The number of halogens is 4. The van der Waals surface area contributed by atoms with Gasteiger partial charge in [-0.05, 0) is 52.3 Å². The average Bonchev–Trinajstić information content (AvgIpc) is 2.72. The standard InChI is InChI=1S/C18H23BClF3O4/c1-6-25-15(24)10-13(19-26-16(2,3)17(4,5)27-19)11-7-8-14(20)12(9-11)18(21,22)23/h7-9,13H,6,10H2,1-5H3. The Kier molecular flexibility index (Phi) is 6.24. The van der Waals surface area contributed by atoms with Crippen molar-refractivity contribution in [2.75, 3.05) is 6.61 Å². The molecule has 1 fully saturated rings. The Balaban J connectivity index is 2.44. The molecule has 0 saturated carbocycles. The van der Waals surface area contributed by atoms with E-state index in [9.17, 15) is 18.0 Å². The van der Waals surface area contributed by atoms with Gasteiger partial charge >= 0.3 is 19.3 Å². The lowest BCUT2D eigenvalue weighted by Gasteiger charge is -2.32. The lowest BCUT2D eigenvalue weighted by atomic mass is 9.66. The smallest absolute Gasteiger partial charge is 0.466 e. The zero-order valence-electron chi connectivity index (χ0n) is 15.9. The molecule has 0 bridgehead atoms. The van der Waals surface area contributed by atoms with Gasteiger partial charge in [0.25, 0.3) is 0 Å². The molecule has 1 aliphatic heterocycles. The number of benzene rings is 1. The Hall–Kier alpha value is -1.25. The summed E-state index contributed by atoms with van der Waals surface area (Å²) in [7, 11) is -0.901. The number of hydrogen-bond donors (Lipinski definition) is 0. The minimum absolute atomic E-state index is 0.170. The van der Waals surface area contributed by atoms with Crippen LogP contribution in [0, 0.1) is 0 Å². The molecule has 1 atom stereocenters. The van der Waals surface area contributed by atoms with E-state index in [4.69, 9.17) is 25.6 Å². The molecule has 1 aliphatic rings. The van der Waals surface area contributed by atoms with Gasteiger partial charge in [-0.3, -0.25) is 4.79 Å². The Morgan fingerprint density at radius 2 is 1.78 bits per heavy atom. The van der Waals surface area contributed by atoms with E-state index in [2.05, 4.69) is 0 Å². The van der Waals surface area contributed by atoms with Crippen LogP contribution >= 0.6 is 11.6 Å². The van der Waals surface area contributed by atoms with Crippen LogP contribution in [0.5, 0.6) is 0 Å². The zero-order chi connectivity index (χ0) is 20.6. The van der Waals surface area contributed by atoms with Gasteiger partial charge in [0.1, 0.15) is 0 Å². The van der Waals surface area contributed by atoms with Crippen molar-refractivity contribution in [2.45, 2.75) is 64.2 Å². The van der Waals surface area contributed by atoms with Crippen LogP contribution in [-0.2, 0) is 25.0 Å². The van der Waals surface area contributed by atoms with Gasteiger partial charge in [-0.2, -0.15) is 13.2 Å². The lowest BCUT2D eigenvalue weighted by Crippen LogP contribution is -2.41. The molecule has 0 aromatic heterocycles. The molecule has 1 unspecified atom stereocenters. The maximum Gasteiger partial charge on any atom is 0.466 e. The highest BCUT2D eigenvalue weighted by Crippen LogP contribution is 2.43. The molecular formula is C18H23BClF3O4. The first-order valence-electron chi connectivity index (χ1n) is 8.66. The van der Waals surface area contributed by atoms with Crippen LogP contribution in [-0.4, -0.2) is 30.9 Å². The largest absolute Gasteiger partial charge is 0.466 e. The number of rotatable bonds is 5. The molecular weight excluding hydrogens is 383 g/mol. The van der Waals surface area contributed by atoms with E-state index in [0.717, 1.165) is 6.07 Å². The van der Waals surface area contributed by atoms with Gasteiger partial charge in [-0.25, -0.2) is 0 Å². The second kappa shape index (κ2) is 7.64. The summed E-state index contributed by atoms with van der Waals surface area (Å²) < 4.78 is 56.7. The third kappa shape index (κ3) is 4.79. The maximum atomic E-state index is 13.3. The van der Waals surface area contributed by atoms with Gasteiger partial charge in [-0.15, -0.1) is 0 Å². The third-order valence-electron chi connectivity index (χ3n) is 5.02. The van der Waals surface area contributed by atoms with Crippen molar-refractivity contribution in [1.82, 2.24) is 0 Å². The molecule has 150 valence electrons. The molecule has 0 N–H and O–H groups in total. The van der Waals surface area contributed by atoms with Crippen LogP contribution in [0.3, 0.4) is 0 Å². The molecule has 1 saturated heterocycles. The first-order valence-corrected chi connectivity index (χ1v) is 9.04. The Morgan fingerprint density at radius 3 is 2.26 bits per heavy atom. The van der Waals surface area contributed by atoms with Crippen LogP contribution in [0.25, 0.3) is 0 Å². The predicted octanol–water partition coefficient (Wildman–Crippen LogP) is 5.03. The lowest BCUT2D eigenvalue weighted by molar-refractivity contribution is -0.143. The predicted molar refractivity (Wildman–Crippen MR) is 96.5 cm³/mol. The summed E-state index contributed by atoms with van der Waals surface area (Å²) in [5.74, 6) is -1.32. The summed E-state index contributed by atoms with van der Waals surface area (Å²) in [6, 6.07) is 3.56. The van der Waals surface area contributed by atoms with Crippen molar-refractivity contribution < 1.29 is 32.0 Å². The van der Waals surface area contributed by atoms with E-state index < -0.39 is 46.9 Å². The third-order valence-corrected chi connectivity index (χ3v) is 5.35. The molecule has 9 heteroatoms. The van der Waals surface area contributed by atoms with Crippen molar-refractivity contribution >= 4 is 24.7 Å². The topological polar surface area (TPSA) is 44.8 Å². The second-order valence-corrected chi connectivity index (χ2v) is 7.88. The average molecular weight is 407 g/mol. The first-order chi connectivity index (χ1) is 12.3. The highest BCUT2D eigenvalue weighted by Gasteiger charge is 2.54. The molecule has 0 amide bonds. The van der Waals surface area contributed by atoms with E-state index in [1.165, 1.54) is 12.1 Å². The summed E-state index contributed by atoms with van der Waals surface area (Å²) in [6.45, 7) is 9.15. The summed E-state index contributed by atoms with van der Waals surface area (Å²) >= 11 is 5.72. The van der Waals surface area contributed by atoms with E-state index in [0.29, 0.717) is 0 Å². The number of esters is 1. The van der Waals surface area contributed by atoms with Crippen molar-refractivity contribution in [3.05, 3.63) is 34.3 Å². The fourth-order valence-electron chi connectivity index (χ4n) is 2.81. The number of hydrogen-bond acceptors (Lipinski definition) is 4. The zero-order valence-corrected chi connectivity index (χ0v) is 16.7. The first kappa shape index (κ1) is 22.0. The molecule has 0 spiro atoms. The quantitative estimate of drug-likeness (QED) is 0.508. The van der Waals surface area contributed by atoms with Crippen LogP contribution < -0.4 is 0 Å². The van der Waals surface area contributed by atoms with Crippen molar-refractivity contribution in [2.24, 2.45) is 0 Å². The van der Waals surface area contributed by atoms with Crippen LogP contribution in [0.2, 0.25) is 5.02 Å². The summed E-state index contributed by atoms with van der Waals surface area (Å²) in [5.41, 5.74) is -2.10. The molecule has 4 nitrogen and oxygen atoms in total. The fraction of sp³-hybridized carbons (Fsp3) is 0.611. The molecule has 0 aliphatic carbocycles. The van der Waals surface area contributed by atoms with E-state index in [1.807, 2.05) is 27.7 Å². The fourth-order valence-corrected chi connectivity index (χ4v) is 3.04. The number of carbonyl (C=O) groups is 1. The van der Waals surface area contributed by atoms with Crippen LogP contribution in [0.1, 0.15) is 58.0 Å². The highest BCUT2D eigenvalue weighted by molar-refractivity contribution is 6.48. The molecule has 0 radical (unpaired) electrons. The van der Waals surface area contributed by atoms with E-state index in [1.54, 1.807) is 6.92 Å². The van der Waals surface area contributed by atoms with E-state index in [-0.39, 0.29) is 18.6 Å². The maximum absolute atomic E-state index is 13.3. The monoisotopic (exact) mass is 406 g/mol.